The summed E-state index contributed by atoms with van der Waals surface area (Å²) in [6.07, 6.45) is 4.17. The lowest BCUT2D eigenvalue weighted by Gasteiger charge is -2.61. The van der Waals surface area contributed by atoms with Gasteiger partial charge in [-0.3, -0.25) is 14.4 Å². The third-order valence-corrected chi connectivity index (χ3v) is 12.2. The topological polar surface area (TPSA) is 119 Å². The van der Waals surface area contributed by atoms with Crippen LogP contribution >= 0.6 is 11.8 Å². The monoisotopic (exact) mass is 564 g/mol. The Bertz CT molecular complexity index is 969. The minimum atomic E-state index is -0.684. The highest BCUT2D eigenvalue weighted by Crippen LogP contribution is 2.68. The molecular formula is C31H52N2O5S. The lowest BCUT2D eigenvalue weighted by atomic mass is 9.44. The average Bonchev–Trinajstić information content (AvgIpc) is 3.24. The Hall–Kier alpha value is -1.38. The summed E-state index contributed by atoms with van der Waals surface area (Å²) in [6, 6.07) is -0.573. The molecule has 3 aliphatic carbocycles. The summed E-state index contributed by atoms with van der Waals surface area (Å²) >= 11 is 1.43. The molecule has 7 nitrogen and oxygen atoms in total. The highest BCUT2D eigenvalue weighted by molar-refractivity contribution is 8.01. The van der Waals surface area contributed by atoms with E-state index in [-0.39, 0.29) is 52.5 Å². The van der Waals surface area contributed by atoms with E-state index in [9.17, 15) is 19.5 Å². The van der Waals surface area contributed by atoms with Gasteiger partial charge in [0, 0.05) is 34.5 Å². The molecule has 4 N–H and O–H groups in total. The number of hydrogen-bond donors (Lipinski definition) is 3. The van der Waals surface area contributed by atoms with Gasteiger partial charge in [0.25, 0.3) is 0 Å². The summed E-state index contributed by atoms with van der Waals surface area (Å²) in [5, 5.41) is 14.6. The zero-order valence-electron chi connectivity index (χ0n) is 25.3. The van der Waals surface area contributed by atoms with Gasteiger partial charge < -0.3 is 20.9 Å². The van der Waals surface area contributed by atoms with Crippen LogP contribution in [0.2, 0.25) is 0 Å². The Balaban J connectivity index is 1.82. The van der Waals surface area contributed by atoms with Gasteiger partial charge in [-0.2, -0.15) is 0 Å². The van der Waals surface area contributed by atoms with E-state index in [0.717, 1.165) is 19.3 Å². The van der Waals surface area contributed by atoms with Gasteiger partial charge in [-0.1, -0.05) is 47.6 Å². The second-order valence-corrected chi connectivity index (χ2v) is 15.8. The maximum Gasteiger partial charge on any atom is 0.316 e. The predicted octanol–water partition coefficient (Wildman–Crippen LogP) is 4.50. The van der Waals surface area contributed by atoms with Crippen molar-refractivity contribution in [3.8, 4) is 0 Å². The van der Waals surface area contributed by atoms with Crippen molar-refractivity contribution in [2.24, 2.45) is 45.7 Å². The van der Waals surface area contributed by atoms with E-state index in [1.165, 1.54) is 11.8 Å². The van der Waals surface area contributed by atoms with Crippen molar-refractivity contribution in [3.05, 3.63) is 12.7 Å². The van der Waals surface area contributed by atoms with Crippen molar-refractivity contribution >= 4 is 29.4 Å². The molecule has 0 aromatic rings. The molecule has 0 aromatic carbocycles. The van der Waals surface area contributed by atoms with Gasteiger partial charge in [-0.15, -0.1) is 18.3 Å². The number of ketones is 1. The van der Waals surface area contributed by atoms with Crippen LogP contribution in [0, 0.1) is 39.9 Å². The van der Waals surface area contributed by atoms with E-state index < -0.39 is 33.8 Å². The van der Waals surface area contributed by atoms with Crippen LogP contribution in [0.3, 0.4) is 0 Å². The van der Waals surface area contributed by atoms with Crippen molar-refractivity contribution in [2.45, 2.75) is 110 Å². The van der Waals surface area contributed by atoms with E-state index in [4.69, 9.17) is 10.5 Å². The number of thioether (sulfide) groups is 1. The fraction of sp³-hybridized carbons (Fsp3) is 0.839. The van der Waals surface area contributed by atoms with Gasteiger partial charge in [0.1, 0.15) is 11.9 Å². The minimum absolute atomic E-state index is 0.0382. The number of amides is 1. The zero-order chi connectivity index (χ0) is 29.6. The van der Waals surface area contributed by atoms with Gasteiger partial charge in [-0.25, -0.2) is 0 Å². The van der Waals surface area contributed by atoms with Gasteiger partial charge in [0.15, 0.2) is 0 Å². The number of ether oxygens (including phenoxy) is 1. The van der Waals surface area contributed by atoms with Crippen molar-refractivity contribution in [2.75, 3.05) is 12.3 Å². The summed E-state index contributed by atoms with van der Waals surface area (Å²) in [6.45, 7) is 20.7. The highest BCUT2D eigenvalue weighted by atomic mass is 32.2. The lowest BCUT2D eigenvalue weighted by Crippen LogP contribution is -2.63. The fourth-order valence-electron chi connectivity index (χ4n) is 7.72. The van der Waals surface area contributed by atoms with Gasteiger partial charge >= 0.3 is 5.97 Å². The molecule has 0 aliphatic heterocycles. The number of Topliss-reactive ketones (excluding diaryl/α,β-unsaturated/α-hetero) is 1. The number of hydrogen-bond acceptors (Lipinski definition) is 7. The number of nitrogens with one attached hydrogen (secondary N) is 1. The van der Waals surface area contributed by atoms with E-state index in [2.05, 4.69) is 32.7 Å². The van der Waals surface area contributed by atoms with Gasteiger partial charge in [-0.05, 0) is 62.7 Å². The summed E-state index contributed by atoms with van der Waals surface area (Å²) in [7, 11) is 0. The first-order chi connectivity index (χ1) is 17.9. The Morgan fingerprint density at radius 1 is 1.28 bits per heavy atom. The molecular weight excluding hydrogens is 512 g/mol. The molecule has 0 saturated heterocycles. The van der Waals surface area contributed by atoms with Crippen LogP contribution in [0.15, 0.2) is 12.7 Å². The fourth-order valence-corrected chi connectivity index (χ4v) is 8.47. The van der Waals surface area contributed by atoms with E-state index in [0.29, 0.717) is 19.4 Å². The van der Waals surface area contributed by atoms with Crippen LogP contribution in [0.5, 0.6) is 0 Å². The molecule has 0 unspecified atom stereocenters. The number of aliphatic hydroxyl groups is 1. The molecule has 9 atom stereocenters. The molecule has 2 bridgehead atoms. The number of aliphatic hydroxyl groups excluding tert-OH is 1. The van der Waals surface area contributed by atoms with Crippen molar-refractivity contribution < 1.29 is 24.2 Å². The van der Waals surface area contributed by atoms with Gasteiger partial charge in [0.05, 0.1) is 17.9 Å². The first-order valence-corrected chi connectivity index (χ1v) is 15.6. The largest absolute Gasteiger partial charge is 0.461 e. The van der Waals surface area contributed by atoms with Crippen molar-refractivity contribution in [3.63, 3.8) is 0 Å². The van der Waals surface area contributed by atoms with E-state index >= 15 is 0 Å². The van der Waals surface area contributed by atoms with Crippen molar-refractivity contribution in [1.29, 1.82) is 0 Å². The molecule has 1 amide bonds. The van der Waals surface area contributed by atoms with E-state index in [1.807, 2.05) is 40.7 Å². The van der Waals surface area contributed by atoms with Crippen LogP contribution in [0.25, 0.3) is 0 Å². The molecule has 3 rings (SSSR count). The van der Waals surface area contributed by atoms with Crippen LogP contribution in [-0.2, 0) is 19.1 Å². The highest BCUT2D eigenvalue weighted by Gasteiger charge is 2.68. The predicted molar refractivity (Wildman–Crippen MR) is 157 cm³/mol. The van der Waals surface area contributed by atoms with Crippen molar-refractivity contribution in [1.82, 2.24) is 5.32 Å². The Labute approximate surface area is 239 Å². The summed E-state index contributed by atoms with van der Waals surface area (Å²) in [5.74, 6) is -0.243. The molecule has 3 fully saturated rings. The summed E-state index contributed by atoms with van der Waals surface area (Å²) in [4.78, 5) is 39.2. The van der Waals surface area contributed by atoms with Crippen LogP contribution < -0.4 is 11.1 Å². The summed E-state index contributed by atoms with van der Waals surface area (Å²) < 4.78 is 5.92. The normalized spacial score (nSPS) is 39.4. The summed E-state index contributed by atoms with van der Waals surface area (Å²) in [5.41, 5.74) is 4.49. The first kappa shape index (κ1) is 32.1. The molecule has 8 heteroatoms. The average molecular weight is 565 g/mol. The Morgan fingerprint density at radius 3 is 2.51 bits per heavy atom. The molecule has 0 spiro atoms. The molecule has 3 aliphatic rings. The maximum atomic E-state index is 13.5. The number of carbonyl (C=O) groups is 3. The smallest absolute Gasteiger partial charge is 0.316 e. The third kappa shape index (κ3) is 5.85. The maximum absolute atomic E-state index is 13.5. The molecule has 0 heterocycles. The van der Waals surface area contributed by atoms with Crippen LogP contribution in [0.4, 0.5) is 0 Å². The molecule has 3 saturated carbocycles. The van der Waals surface area contributed by atoms with Gasteiger partial charge in [0.2, 0.25) is 5.91 Å². The number of nitrogens with two attached hydrogens (primary N) is 1. The second kappa shape index (κ2) is 11.5. The zero-order valence-corrected chi connectivity index (χ0v) is 26.2. The standard InChI is InChI=1S/C31H52N2O5S/c1-10-29(8)15-22(38-23(35)16-39-28(6,7)17-33-27(37)24(32)18(2)3)30(9)19(4)11-13-31(20(5)26(29)36)14-12-21(34)25(30)31/h10,18-20,22,24-26,36H,1,11-17,32H2,2-9H3,(H,33,37)/t19-,20-,22+,24+,25-,26+,29+,30+,31+/m0/s1. The Kier molecular flexibility index (Phi) is 9.46. The quantitative estimate of drug-likeness (QED) is 0.279. The SMILES string of the molecule is C=C[C@]1(C)C[C@@H](OC(=O)CSC(C)(C)CNC(=O)[C@H](N)C(C)C)[C@]2(C)[C@@H]3C(=O)CC[C@]3(CC[C@@H]2C)[C@@H](C)[C@H]1O. The molecule has 39 heavy (non-hydrogen) atoms. The molecule has 0 radical (unpaired) electrons. The van der Waals surface area contributed by atoms with Crippen LogP contribution in [0.1, 0.15) is 87.5 Å². The number of rotatable bonds is 9. The molecule has 0 aromatic heterocycles. The molecule has 222 valence electrons. The minimum Gasteiger partial charge on any atom is -0.461 e. The van der Waals surface area contributed by atoms with Crippen LogP contribution in [-0.4, -0.2) is 58.1 Å². The number of carbonyl (C=O) groups excluding carboxylic acids is 3. The third-order valence-electron chi connectivity index (χ3n) is 10.9. The van der Waals surface area contributed by atoms with E-state index in [1.54, 1.807) is 0 Å². The second-order valence-electron chi connectivity index (χ2n) is 14.1. The first-order valence-electron chi connectivity index (χ1n) is 14.7. The number of esters is 1. The Morgan fingerprint density at radius 2 is 1.92 bits per heavy atom. The lowest BCUT2D eigenvalue weighted by molar-refractivity contribution is -0.205.